The van der Waals surface area contributed by atoms with E-state index in [4.69, 9.17) is 4.74 Å². The second-order valence-electron chi connectivity index (χ2n) is 4.00. The summed E-state index contributed by atoms with van der Waals surface area (Å²) in [4.78, 5) is 11.6. The predicted octanol–water partition coefficient (Wildman–Crippen LogP) is 1.91. The van der Waals surface area contributed by atoms with Crippen molar-refractivity contribution in [3.8, 4) is 5.19 Å². The first-order chi connectivity index (χ1) is 9.74. The molecule has 0 aliphatic carbocycles. The van der Waals surface area contributed by atoms with Crippen molar-refractivity contribution in [2.75, 3.05) is 6.61 Å². The number of aromatic amines is 1. The number of nitrogens with one attached hydrogen (secondary N) is 1. The van der Waals surface area contributed by atoms with Gasteiger partial charge in [0.05, 0.1) is 12.4 Å². The summed E-state index contributed by atoms with van der Waals surface area (Å²) in [5.41, 5.74) is -0.159. The molecule has 2 aromatic heterocycles. The summed E-state index contributed by atoms with van der Waals surface area (Å²) < 4.78 is 6.94. The van der Waals surface area contributed by atoms with Crippen molar-refractivity contribution in [3.63, 3.8) is 0 Å². The minimum absolute atomic E-state index is 0.159. The molecule has 0 aliphatic rings. The number of rotatable bonds is 8. The Morgan fingerprint density at radius 1 is 1.40 bits per heavy atom. The Kier molecular flexibility index (Phi) is 5.60. The van der Waals surface area contributed by atoms with Crippen LogP contribution < -0.4 is 10.4 Å². The molecule has 9 heteroatoms. The van der Waals surface area contributed by atoms with E-state index in [1.807, 2.05) is 6.92 Å². The Morgan fingerprint density at radius 2 is 2.25 bits per heavy atom. The van der Waals surface area contributed by atoms with Gasteiger partial charge in [-0.05, 0) is 13.3 Å². The maximum Gasteiger partial charge on any atom is 0.343 e. The highest BCUT2D eigenvalue weighted by Gasteiger charge is 2.11. The summed E-state index contributed by atoms with van der Waals surface area (Å²) in [7, 11) is 0. The van der Waals surface area contributed by atoms with Crippen LogP contribution in [0.2, 0.25) is 0 Å². The van der Waals surface area contributed by atoms with Crippen LogP contribution in [-0.4, -0.2) is 31.6 Å². The summed E-state index contributed by atoms with van der Waals surface area (Å²) in [6.07, 6.45) is 2.00. The van der Waals surface area contributed by atoms with Crippen molar-refractivity contribution in [2.24, 2.45) is 0 Å². The van der Waals surface area contributed by atoms with Crippen molar-refractivity contribution < 1.29 is 4.74 Å². The summed E-state index contributed by atoms with van der Waals surface area (Å²) in [6.45, 7) is 5.27. The number of hydrogen-bond donors (Lipinski definition) is 1. The van der Waals surface area contributed by atoms with Crippen LogP contribution in [0.25, 0.3) is 0 Å². The maximum atomic E-state index is 11.6. The number of H-pyrrole nitrogens is 1. The van der Waals surface area contributed by atoms with Gasteiger partial charge in [0.1, 0.15) is 5.01 Å². The zero-order valence-electron chi connectivity index (χ0n) is 11.5. The van der Waals surface area contributed by atoms with E-state index in [0.717, 1.165) is 17.8 Å². The number of aromatic nitrogens is 5. The van der Waals surface area contributed by atoms with Gasteiger partial charge in [0.25, 0.3) is 5.19 Å². The third-order valence-corrected chi connectivity index (χ3v) is 4.51. The Bertz CT molecular complexity index is 592. The van der Waals surface area contributed by atoms with Gasteiger partial charge in [-0.3, -0.25) is 4.57 Å². The van der Waals surface area contributed by atoms with Gasteiger partial charge in [0.2, 0.25) is 0 Å². The SMILES string of the molecule is CCCCn1c(SCc2nnc(OCC)s2)n[nH]c1=O. The number of thioether (sulfide) groups is 1. The first-order valence-corrected chi connectivity index (χ1v) is 8.28. The Hall–Kier alpha value is -1.35. The highest BCUT2D eigenvalue weighted by atomic mass is 32.2. The van der Waals surface area contributed by atoms with Gasteiger partial charge in [-0.15, -0.1) is 15.3 Å². The van der Waals surface area contributed by atoms with Gasteiger partial charge < -0.3 is 4.74 Å². The van der Waals surface area contributed by atoms with Crippen LogP contribution in [0.15, 0.2) is 9.95 Å². The molecule has 0 radical (unpaired) electrons. The van der Waals surface area contributed by atoms with Crippen LogP contribution >= 0.6 is 23.1 Å². The molecule has 2 heterocycles. The van der Waals surface area contributed by atoms with Gasteiger partial charge in [0.15, 0.2) is 5.16 Å². The molecule has 0 atom stereocenters. The minimum Gasteiger partial charge on any atom is -0.469 e. The largest absolute Gasteiger partial charge is 0.469 e. The highest BCUT2D eigenvalue weighted by Crippen LogP contribution is 2.25. The standard InChI is InChI=1S/C11H17N5O2S2/c1-3-5-6-16-9(17)13-14-10(16)19-7-8-12-15-11(20-8)18-4-2/h3-7H2,1-2H3,(H,13,17). The molecule has 0 aliphatic heterocycles. The Morgan fingerprint density at radius 3 is 3.00 bits per heavy atom. The van der Waals surface area contributed by atoms with E-state index >= 15 is 0 Å². The average Bonchev–Trinajstić information content (AvgIpc) is 3.02. The van der Waals surface area contributed by atoms with Crippen LogP contribution in [0.3, 0.4) is 0 Å². The lowest BCUT2D eigenvalue weighted by Crippen LogP contribution is -2.17. The van der Waals surface area contributed by atoms with Gasteiger partial charge in [-0.25, -0.2) is 9.89 Å². The topological polar surface area (TPSA) is 85.7 Å². The predicted molar refractivity (Wildman–Crippen MR) is 78.4 cm³/mol. The molecule has 0 fully saturated rings. The summed E-state index contributed by atoms with van der Waals surface area (Å²) in [6, 6.07) is 0. The molecule has 0 spiro atoms. The fraction of sp³-hybridized carbons (Fsp3) is 0.636. The molecular weight excluding hydrogens is 298 g/mol. The van der Waals surface area contributed by atoms with Crippen LogP contribution in [0.1, 0.15) is 31.7 Å². The number of nitrogens with zero attached hydrogens (tertiary/aromatic N) is 4. The van der Waals surface area contributed by atoms with Crippen LogP contribution in [0, 0.1) is 0 Å². The number of unbranched alkanes of at least 4 members (excludes halogenated alkanes) is 1. The average molecular weight is 315 g/mol. The van der Waals surface area contributed by atoms with Crippen molar-refractivity contribution in [1.29, 1.82) is 0 Å². The molecule has 0 unspecified atom stereocenters. The lowest BCUT2D eigenvalue weighted by Gasteiger charge is -2.02. The third-order valence-electron chi connectivity index (χ3n) is 2.50. The molecule has 0 amide bonds. The van der Waals surface area contributed by atoms with Crippen LogP contribution in [-0.2, 0) is 12.3 Å². The molecule has 1 N–H and O–H groups in total. The first kappa shape index (κ1) is 15.0. The lowest BCUT2D eigenvalue weighted by molar-refractivity contribution is 0.335. The molecule has 2 rings (SSSR count). The Balaban J connectivity index is 1.97. The summed E-state index contributed by atoms with van der Waals surface area (Å²) in [5.74, 6) is 0.626. The quantitative estimate of drug-likeness (QED) is 0.749. The molecule has 0 saturated carbocycles. The van der Waals surface area contributed by atoms with Crippen molar-refractivity contribution in [2.45, 2.75) is 44.1 Å². The molecular formula is C11H17N5O2S2. The van der Waals surface area contributed by atoms with Gasteiger partial charge in [-0.1, -0.05) is 36.4 Å². The normalized spacial score (nSPS) is 10.9. The maximum absolute atomic E-state index is 11.6. The van der Waals surface area contributed by atoms with Gasteiger partial charge in [0, 0.05) is 6.54 Å². The minimum atomic E-state index is -0.159. The van der Waals surface area contributed by atoms with Crippen molar-refractivity contribution in [3.05, 3.63) is 15.5 Å². The third kappa shape index (κ3) is 3.83. The molecule has 20 heavy (non-hydrogen) atoms. The summed E-state index contributed by atoms with van der Waals surface area (Å²) in [5, 5.41) is 16.6. The fourth-order valence-electron chi connectivity index (χ4n) is 1.53. The van der Waals surface area contributed by atoms with E-state index in [1.165, 1.54) is 23.1 Å². The smallest absolute Gasteiger partial charge is 0.343 e. The molecule has 2 aromatic rings. The number of hydrogen-bond acceptors (Lipinski definition) is 7. The second-order valence-corrected chi connectivity index (χ2v) is 5.97. The monoisotopic (exact) mass is 315 g/mol. The number of ether oxygens (including phenoxy) is 1. The fourth-order valence-corrected chi connectivity index (χ4v) is 3.24. The van der Waals surface area contributed by atoms with E-state index in [2.05, 4.69) is 27.3 Å². The lowest BCUT2D eigenvalue weighted by atomic mass is 10.3. The van der Waals surface area contributed by atoms with E-state index in [9.17, 15) is 4.79 Å². The molecule has 0 aromatic carbocycles. The van der Waals surface area contributed by atoms with E-state index < -0.39 is 0 Å². The molecule has 0 bridgehead atoms. The van der Waals surface area contributed by atoms with Crippen molar-refractivity contribution >= 4 is 23.1 Å². The van der Waals surface area contributed by atoms with Gasteiger partial charge >= 0.3 is 5.69 Å². The zero-order chi connectivity index (χ0) is 14.4. The second kappa shape index (κ2) is 7.44. The van der Waals surface area contributed by atoms with Gasteiger partial charge in [-0.2, -0.15) is 0 Å². The van der Waals surface area contributed by atoms with Crippen LogP contribution in [0.5, 0.6) is 5.19 Å². The Labute approximate surface area is 124 Å². The molecule has 110 valence electrons. The molecule has 0 saturated heterocycles. The molecule has 7 nitrogen and oxygen atoms in total. The highest BCUT2D eigenvalue weighted by molar-refractivity contribution is 7.98. The van der Waals surface area contributed by atoms with E-state index in [0.29, 0.717) is 29.3 Å². The van der Waals surface area contributed by atoms with Crippen molar-refractivity contribution in [1.82, 2.24) is 25.0 Å². The van der Waals surface area contributed by atoms with E-state index in [1.54, 1.807) is 4.57 Å². The first-order valence-electron chi connectivity index (χ1n) is 6.47. The van der Waals surface area contributed by atoms with E-state index in [-0.39, 0.29) is 5.69 Å². The zero-order valence-corrected chi connectivity index (χ0v) is 13.1. The van der Waals surface area contributed by atoms with Crippen LogP contribution in [0.4, 0.5) is 0 Å². The summed E-state index contributed by atoms with van der Waals surface area (Å²) >= 11 is 2.89.